The molecular weight excluding hydrogens is 560 g/mol. The lowest BCUT2D eigenvalue weighted by Crippen LogP contribution is -2.63. The Morgan fingerprint density at radius 3 is 2.68 bits per heavy atom. The van der Waals surface area contributed by atoms with Crippen molar-refractivity contribution in [1.29, 1.82) is 0 Å². The number of benzene rings is 2. The fourth-order valence-electron chi connectivity index (χ4n) is 9.57. The first-order valence-corrected chi connectivity index (χ1v) is 15.6. The molecule has 0 spiro atoms. The number of hydrogen-bond donors (Lipinski definition) is 3. The van der Waals surface area contributed by atoms with Gasteiger partial charge in [0.05, 0.1) is 18.8 Å². The van der Waals surface area contributed by atoms with Gasteiger partial charge in [-0.2, -0.15) is 0 Å². The molecule has 0 aromatic heterocycles. The highest BCUT2D eigenvalue weighted by molar-refractivity contribution is 6.01. The minimum atomic E-state index is -1.40. The molecule has 2 aromatic rings. The highest BCUT2D eigenvalue weighted by atomic mass is 16.7. The summed E-state index contributed by atoms with van der Waals surface area (Å²) in [6, 6.07) is 15.0. The second-order valence-electron chi connectivity index (χ2n) is 13.7. The zero-order chi connectivity index (χ0) is 30.9. The first-order valence-electron chi connectivity index (χ1n) is 15.6. The smallest absolute Gasteiger partial charge is 0.193 e. The molecule has 5 aliphatic rings. The van der Waals surface area contributed by atoms with Crippen molar-refractivity contribution in [3.8, 4) is 5.75 Å². The molecule has 7 rings (SSSR count). The molecule has 232 valence electrons. The van der Waals surface area contributed by atoms with Crippen LogP contribution < -0.4 is 4.74 Å². The van der Waals surface area contributed by atoms with Crippen LogP contribution in [-0.4, -0.2) is 51.3 Å². The quantitative estimate of drug-likeness (QED) is 0.429. The molecule has 0 bridgehead atoms. The van der Waals surface area contributed by atoms with Crippen LogP contribution in [0.1, 0.15) is 62.5 Å². The van der Waals surface area contributed by atoms with Gasteiger partial charge in [-0.05, 0) is 72.9 Å². The Bertz CT molecular complexity index is 1550. The number of allylic oxidation sites excluding steroid dienone is 4. The van der Waals surface area contributed by atoms with Gasteiger partial charge in [0.15, 0.2) is 23.5 Å². The molecule has 2 aromatic carbocycles. The van der Waals surface area contributed by atoms with Crippen molar-refractivity contribution >= 4 is 11.6 Å². The largest absolute Gasteiger partial charge is 0.489 e. The van der Waals surface area contributed by atoms with Gasteiger partial charge in [0.1, 0.15) is 19.0 Å². The summed E-state index contributed by atoms with van der Waals surface area (Å²) < 4.78 is 19.3. The van der Waals surface area contributed by atoms with Crippen molar-refractivity contribution < 1.29 is 39.1 Å². The predicted octanol–water partition coefficient (Wildman–Crippen LogP) is 4.36. The third kappa shape index (κ3) is 4.30. The Kier molecular flexibility index (Phi) is 7.22. The van der Waals surface area contributed by atoms with Crippen LogP contribution in [0, 0.1) is 28.6 Å². The van der Waals surface area contributed by atoms with Gasteiger partial charge < -0.3 is 29.5 Å². The van der Waals surface area contributed by atoms with E-state index in [0.717, 1.165) is 29.5 Å². The molecule has 0 radical (unpaired) electrons. The summed E-state index contributed by atoms with van der Waals surface area (Å²) in [6.07, 6.45) is 5.68. The fourth-order valence-corrected chi connectivity index (χ4v) is 9.57. The molecule has 8 heteroatoms. The van der Waals surface area contributed by atoms with Gasteiger partial charge in [0.25, 0.3) is 0 Å². The monoisotopic (exact) mass is 600 g/mol. The van der Waals surface area contributed by atoms with Crippen molar-refractivity contribution in [3.63, 3.8) is 0 Å². The maximum absolute atomic E-state index is 13.8. The number of carbonyl (C=O) groups excluding carboxylic acids is 2. The van der Waals surface area contributed by atoms with E-state index in [-0.39, 0.29) is 30.1 Å². The molecule has 4 fully saturated rings. The SMILES string of the molecule is C[C@]12C=CC(=O)C=C1CC[C@@H]1[C@@H]2[C@@H](O)C[C@@]2(C)[C@H]1C[C@H]1O[C@@H](c3cccc(OCc4cccc(CO)c4)c3)O[C@]12C(=O)CO. The van der Waals surface area contributed by atoms with E-state index in [1.807, 2.05) is 61.5 Å². The van der Waals surface area contributed by atoms with Crippen LogP contribution in [-0.2, 0) is 32.3 Å². The first-order chi connectivity index (χ1) is 21.1. The number of rotatable bonds is 7. The Balaban J connectivity index is 1.16. The standard InChI is InChI=1S/C36H40O8/c1-34-12-11-25(39)15-24(34)9-10-27-28-16-31-36(30(41)19-38,35(28,2)17-29(40)32(27)34)44-33(43-31)23-7-4-8-26(14-23)42-20-22-6-3-5-21(13-22)18-37/h3-8,11-15,27-29,31-33,37-38,40H,9-10,16-20H2,1-2H3/t27-,28-,29-,31+,32+,33+,34-,35-,36+/m0/s1. The summed E-state index contributed by atoms with van der Waals surface area (Å²) in [6.45, 7) is 3.76. The molecule has 3 saturated carbocycles. The lowest BCUT2D eigenvalue weighted by molar-refractivity contribution is -0.201. The van der Waals surface area contributed by atoms with Crippen LogP contribution in [0.25, 0.3) is 0 Å². The third-order valence-electron chi connectivity index (χ3n) is 11.5. The molecule has 8 nitrogen and oxygen atoms in total. The maximum atomic E-state index is 13.8. The fraction of sp³-hybridized carbons (Fsp3) is 0.500. The number of carbonyl (C=O) groups is 2. The molecule has 1 saturated heterocycles. The second kappa shape index (κ2) is 10.7. The number of ketones is 2. The average Bonchev–Trinajstić information content (AvgIpc) is 3.53. The van der Waals surface area contributed by atoms with Crippen molar-refractivity contribution in [2.45, 2.75) is 76.8 Å². The van der Waals surface area contributed by atoms with E-state index in [1.165, 1.54) is 0 Å². The summed E-state index contributed by atoms with van der Waals surface area (Å²) in [5.41, 5.74) is 0.938. The van der Waals surface area contributed by atoms with Crippen molar-refractivity contribution in [1.82, 2.24) is 0 Å². The first kappa shape index (κ1) is 29.6. The second-order valence-corrected chi connectivity index (χ2v) is 13.7. The predicted molar refractivity (Wildman–Crippen MR) is 160 cm³/mol. The number of Topliss-reactive ketones (excluding diaryl/α,β-unsaturated/α-hetero) is 1. The van der Waals surface area contributed by atoms with Crippen LogP contribution in [0.15, 0.2) is 72.3 Å². The van der Waals surface area contributed by atoms with Crippen LogP contribution >= 0.6 is 0 Å². The number of ether oxygens (including phenoxy) is 3. The Labute approximate surface area is 257 Å². The minimum Gasteiger partial charge on any atom is -0.489 e. The molecule has 1 aliphatic heterocycles. The summed E-state index contributed by atoms with van der Waals surface area (Å²) in [4.78, 5) is 26.0. The van der Waals surface area contributed by atoms with Gasteiger partial charge in [-0.1, -0.05) is 61.9 Å². The number of hydrogen-bond acceptors (Lipinski definition) is 8. The van der Waals surface area contributed by atoms with E-state index in [4.69, 9.17) is 14.2 Å². The molecule has 0 amide bonds. The number of aliphatic hydroxyl groups is 3. The van der Waals surface area contributed by atoms with E-state index >= 15 is 0 Å². The van der Waals surface area contributed by atoms with Gasteiger partial charge in [0, 0.05) is 22.3 Å². The van der Waals surface area contributed by atoms with Gasteiger partial charge >= 0.3 is 0 Å². The topological polar surface area (TPSA) is 123 Å². The lowest BCUT2D eigenvalue weighted by atomic mass is 9.46. The normalized spacial score (nSPS) is 38.8. The van der Waals surface area contributed by atoms with E-state index in [0.29, 0.717) is 30.8 Å². The summed E-state index contributed by atoms with van der Waals surface area (Å²) in [5, 5.41) is 31.5. The molecule has 3 N–H and O–H groups in total. The Morgan fingerprint density at radius 2 is 1.89 bits per heavy atom. The molecule has 9 atom stereocenters. The van der Waals surface area contributed by atoms with Crippen LogP contribution in [0.2, 0.25) is 0 Å². The van der Waals surface area contributed by atoms with E-state index < -0.39 is 47.3 Å². The van der Waals surface area contributed by atoms with Crippen molar-refractivity contribution in [2.24, 2.45) is 28.6 Å². The van der Waals surface area contributed by atoms with E-state index in [2.05, 4.69) is 6.92 Å². The van der Waals surface area contributed by atoms with Crippen LogP contribution in [0.3, 0.4) is 0 Å². The van der Waals surface area contributed by atoms with Crippen molar-refractivity contribution in [3.05, 3.63) is 89.0 Å². The Morgan fingerprint density at radius 1 is 1.09 bits per heavy atom. The van der Waals surface area contributed by atoms with Gasteiger partial charge in [-0.3, -0.25) is 9.59 Å². The summed E-state index contributed by atoms with van der Waals surface area (Å²) in [7, 11) is 0. The average molecular weight is 601 g/mol. The van der Waals surface area contributed by atoms with E-state index in [9.17, 15) is 24.9 Å². The lowest BCUT2D eigenvalue weighted by Gasteiger charge is -2.59. The van der Waals surface area contributed by atoms with Crippen LogP contribution in [0.4, 0.5) is 0 Å². The van der Waals surface area contributed by atoms with Gasteiger partial charge in [-0.25, -0.2) is 0 Å². The minimum absolute atomic E-state index is 0.00725. The van der Waals surface area contributed by atoms with Crippen molar-refractivity contribution in [2.75, 3.05) is 6.61 Å². The van der Waals surface area contributed by atoms with Gasteiger partial charge in [-0.15, -0.1) is 0 Å². The summed E-state index contributed by atoms with van der Waals surface area (Å²) in [5.74, 6) is 0.236. The van der Waals surface area contributed by atoms with Crippen LogP contribution in [0.5, 0.6) is 5.75 Å². The highest BCUT2D eigenvalue weighted by Gasteiger charge is 2.75. The highest BCUT2D eigenvalue weighted by Crippen LogP contribution is 2.70. The molecule has 1 heterocycles. The zero-order valence-electron chi connectivity index (χ0n) is 25.1. The molecule has 4 aliphatic carbocycles. The molecule has 0 unspecified atom stereocenters. The number of fused-ring (bicyclic) bond motifs is 7. The van der Waals surface area contributed by atoms with E-state index in [1.54, 1.807) is 12.2 Å². The molecule has 44 heavy (non-hydrogen) atoms. The molecular formula is C36H40O8. The van der Waals surface area contributed by atoms with Gasteiger partial charge in [0.2, 0.25) is 0 Å². The Hall–Kier alpha value is -3.14. The number of aliphatic hydroxyl groups excluding tert-OH is 3. The third-order valence-corrected chi connectivity index (χ3v) is 11.5. The maximum Gasteiger partial charge on any atom is 0.193 e. The summed E-state index contributed by atoms with van der Waals surface area (Å²) >= 11 is 0. The zero-order valence-corrected chi connectivity index (χ0v) is 25.1.